The summed E-state index contributed by atoms with van der Waals surface area (Å²) in [5.41, 5.74) is 9.53. The second-order valence-electron chi connectivity index (χ2n) is 5.01. The molecule has 22 heavy (non-hydrogen) atoms. The molecule has 0 bridgehead atoms. The molecule has 0 amide bonds. The lowest BCUT2D eigenvalue weighted by atomic mass is 9.78. The molecule has 0 heterocycles. The van der Waals surface area contributed by atoms with Crippen molar-refractivity contribution < 1.29 is 0 Å². The Labute approximate surface area is 129 Å². The van der Waals surface area contributed by atoms with E-state index in [-0.39, 0.29) is 0 Å². The normalized spacial score (nSPS) is 10.7. The fraction of sp³-hybridized carbons (Fsp3) is 0.0526. The molecule has 0 aliphatic rings. The van der Waals surface area contributed by atoms with E-state index in [9.17, 15) is 0 Å². The summed E-state index contributed by atoms with van der Waals surface area (Å²) in [6.45, 7) is 0. The molecule has 0 fully saturated rings. The van der Waals surface area contributed by atoms with E-state index in [1.54, 1.807) is 0 Å². The van der Waals surface area contributed by atoms with Gasteiger partial charge in [-0.05, 0) is 16.7 Å². The first-order valence-electron chi connectivity index (χ1n) is 7.13. The van der Waals surface area contributed by atoms with Crippen molar-refractivity contribution in [2.75, 3.05) is 0 Å². The van der Waals surface area contributed by atoms with Crippen molar-refractivity contribution in [1.29, 1.82) is 5.53 Å². The summed E-state index contributed by atoms with van der Waals surface area (Å²) in [7, 11) is 0. The van der Waals surface area contributed by atoms with Gasteiger partial charge in [0.05, 0.1) is 0 Å². The van der Waals surface area contributed by atoms with E-state index in [4.69, 9.17) is 5.53 Å². The van der Waals surface area contributed by atoms with Crippen LogP contribution in [0.2, 0.25) is 0 Å². The van der Waals surface area contributed by atoms with E-state index >= 15 is 0 Å². The molecule has 0 aromatic heterocycles. The number of rotatable bonds is 4. The minimum absolute atomic E-state index is 0.800. The Bertz CT molecular complexity index is 680. The highest BCUT2D eigenvalue weighted by Gasteiger charge is 2.41. The maximum atomic E-state index is 7.36. The summed E-state index contributed by atoms with van der Waals surface area (Å²) in [4.78, 5) is 3.41. The predicted octanol–water partition coefficient (Wildman–Crippen LogP) is 4.53. The quantitative estimate of drug-likeness (QED) is 0.416. The molecule has 0 unspecified atom stereocenters. The Hall–Kier alpha value is -3.03. The fourth-order valence-corrected chi connectivity index (χ4v) is 2.79. The second kappa shape index (κ2) is 6.17. The molecule has 0 saturated carbocycles. The maximum Gasteiger partial charge on any atom is 0.219 e. The fourth-order valence-electron chi connectivity index (χ4n) is 2.79. The molecule has 0 saturated heterocycles. The van der Waals surface area contributed by atoms with Gasteiger partial charge in [-0.2, -0.15) is 0 Å². The van der Waals surface area contributed by atoms with Crippen molar-refractivity contribution in [3.8, 4) is 0 Å². The van der Waals surface area contributed by atoms with E-state index in [0.717, 1.165) is 16.7 Å². The Morgan fingerprint density at radius 1 is 0.591 bits per heavy atom. The standard InChI is InChI=1S/C19H16N3/c20-22-21-19(16-10-4-1-5-11-16,17-12-6-2-7-13-17)18-14-8-3-9-15-18/h1-15,20H/q+1. The summed E-state index contributed by atoms with van der Waals surface area (Å²) < 4.78 is 0. The highest BCUT2D eigenvalue weighted by molar-refractivity contribution is 5.49. The lowest BCUT2D eigenvalue weighted by Crippen LogP contribution is -2.27. The lowest BCUT2D eigenvalue weighted by Gasteiger charge is -2.25. The molecule has 106 valence electrons. The molecule has 3 nitrogen and oxygen atoms in total. The van der Waals surface area contributed by atoms with Crippen molar-refractivity contribution in [3.05, 3.63) is 108 Å². The SMILES string of the molecule is N=[N+]=NC(c1ccccc1)(c1ccccc1)c1ccccc1. The molecule has 0 aliphatic carbocycles. The van der Waals surface area contributed by atoms with Gasteiger partial charge in [0.1, 0.15) is 10.6 Å². The van der Waals surface area contributed by atoms with E-state index < -0.39 is 5.54 Å². The molecule has 0 aliphatic heterocycles. The molecule has 3 rings (SSSR count). The third kappa shape index (κ3) is 2.34. The zero-order valence-corrected chi connectivity index (χ0v) is 12.1. The van der Waals surface area contributed by atoms with Gasteiger partial charge in [0.2, 0.25) is 10.5 Å². The van der Waals surface area contributed by atoms with Gasteiger partial charge in [0.15, 0.2) is 0 Å². The third-order valence-corrected chi connectivity index (χ3v) is 3.77. The van der Waals surface area contributed by atoms with Crippen LogP contribution >= 0.6 is 0 Å². The van der Waals surface area contributed by atoms with E-state index in [0.29, 0.717) is 0 Å². The van der Waals surface area contributed by atoms with Crippen LogP contribution in [-0.2, 0) is 5.54 Å². The van der Waals surface area contributed by atoms with Gasteiger partial charge in [0.25, 0.3) is 0 Å². The Kier molecular flexibility index (Phi) is 3.90. The summed E-state index contributed by atoms with van der Waals surface area (Å²) in [6.07, 6.45) is 0. The van der Waals surface area contributed by atoms with Crippen LogP contribution in [-0.4, -0.2) is 0 Å². The molecule has 3 heteroatoms. The van der Waals surface area contributed by atoms with Crippen molar-refractivity contribution in [3.63, 3.8) is 0 Å². The summed E-state index contributed by atoms with van der Waals surface area (Å²) in [6, 6.07) is 29.9. The lowest BCUT2D eigenvalue weighted by molar-refractivity contribution is 0.593. The maximum absolute atomic E-state index is 7.36. The first-order valence-corrected chi connectivity index (χ1v) is 7.13. The summed E-state index contributed by atoms with van der Waals surface area (Å²) in [5, 5.41) is 4.36. The third-order valence-electron chi connectivity index (χ3n) is 3.77. The van der Waals surface area contributed by atoms with Crippen molar-refractivity contribution >= 4 is 0 Å². The van der Waals surface area contributed by atoms with Crippen LogP contribution in [0.4, 0.5) is 0 Å². The number of hydrogen-bond acceptors (Lipinski definition) is 2. The van der Waals surface area contributed by atoms with Gasteiger partial charge in [-0.3, -0.25) is 0 Å². The van der Waals surface area contributed by atoms with Gasteiger partial charge < -0.3 is 0 Å². The zero-order valence-electron chi connectivity index (χ0n) is 12.1. The van der Waals surface area contributed by atoms with Crippen LogP contribution in [0.1, 0.15) is 16.7 Å². The smallest absolute Gasteiger partial charge is 0.0622 e. The van der Waals surface area contributed by atoms with Crippen LogP contribution in [0.25, 0.3) is 0 Å². The molecular formula is C19H16N3+. The van der Waals surface area contributed by atoms with Crippen LogP contribution < -0.4 is 4.91 Å². The van der Waals surface area contributed by atoms with Crippen molar-refractivity contribution in [2.45, 2.75) is 5.54 Å². The van der Waals surface area contributed by atoms with Crippen LogP contribution in [0, 0.1) is 5.53 Å². The topological polar surface area (TPSA) is 50.3 Å². The molecule has 0 spiro atoms. The minimum atomic E-state index is -0.800. The van der Waals surface area contributed by atoms with Gasteiger partial charge in [-0.25, -0.2) is 0 Å². The number of benzene rings is 3. The highest BCUT2D eigenvalue weighted by Crippen LogP contribution is 2.39. The predicted molar refractivity (Wildman–Crippen MR) is 86.5 cm³/mol. The van der Waals surface area contributed by atoms with Crippen molar-refractivity contribution in [1.82, 2.24) is 4.91 Å². The summed E-state index contributed by atoms with van der Waals surface area (Å²) >= 11 is 0. The Morgan fingerprint density at radius 3 is 1.18 bits per heavy atom. The monoisotopic (exact) mass is 286 g/mol. The van der Waals surface area contributed by atoms with Crippen LogP contribution in [0.3, 0.4) is 0 Å². The van der Waals surface area contributed by atoms with E-state index in [2.05, 4.69) is 10.0 Å². The minimum Gasteiger partial charge on any atom is -0.0622 e. The molecule has 1 N–H and O–H groups in total. The molecule has 0 radical (unpaired) electrons. The molecule has 3 aromatic carbocycles. The number of nitrogens with zero attached hydrogens (tertiary/aromatic N) is 2. The van der Waals surface area contributed by atoms with Crippen LogP contribution in [0.15, 0.2) is 96.1 Å². The first-order chi connectivity index (χ1) is 10.9. The zero-order chi connectivity index (χ0) is 15.3. The van der Waals surface area contributed by atoms with E-state index in [1.165, 1.54) is 0 Å². The first kappa shape index (κ1) is 13.9. The Balaban J connectivity index is 2.37. The average Bonchev–Trinajstić information content (AvgIpc) is 2.62. The van der Waals surface area contributed by atoms with Gasteiger partial charge in [-0.1, -0.05) is 91.0 Å². The largest absolute Gasteiger partial charge is 0.219 e. The molecular weight excluding hydrogens is 270 g/mol. The van der Waals surface area contributed by atoms with Gasteiger partial charge in [0, 0.05) is 0 Å². The highest BCUT2D eigenvalue weighted by atomic mass is 15.2. The van der Waals surface area contributed by atoms with Gasteiger partial charge >= 0.3 is 0 Å². The van der Waals surface area contributed by atoms with Crippen molar-refractivity contribution in [2.24, 2.45) is 5.11 Å². The second-order valence-corrected chi connectivity index (χ2v) is 5.01. The van der Waals surface area contributed by atoms with E-state index in [1.807, 2.05) is 91.0 Å². The summed E-state index contributed by atoms with van der Waals surface area (Å²) in [5.74, 6) is 0. The van der Waals surface area contributed by atoms with Crippen LogP contribution in [0.5, 0.6) is 0 Å². The average molecular weight is 286 g/mol. The molecule has 0 atom stereocenters. The van der Waals surface area contributed by atoms with Gasteiger partial charge in [-0.15, -0.1) is 0 Å². The number of hydrogen-bond donors (Lipinski definition) is 1. The Morgan fingerprint density at radius 2 is 0.909 bits per heavy atom. The molecule has 3 aromatic rings. The number of nitrogens with one attached hydrogen (secondary N) is 1.